The molecule has 0 unspecified atom stereocenters. The van der Waals surface area contributed by atoms with Crippen molar-refractivity contribution in [2.75, 3.05) is 36.4 Å². The van der Waals surface area contributed by atoms with E-state index in [-0.39, 0.29) is 11.9 Å². The van der Waals surface area contributed by atoms with E-state index >= 15 is 0 Å². The van der Waals surface area contributed by atoms with Gasteiger partial charge in [-0.3, -0.25) is 0 Å². The lowest BCUT2D eigenvalue weighted by Gasteiger charge is -2.36. The molecule has 31 heavy (non-hydrogen) atoms. The minimum absolute atomic E-state index is 0.135. The largest absolute Gasteiger partial charge is 0.420 e. The Morgan fingerprint density at radius 2 is 1.90 bits per heavy atom. The fraction of sp³-hybridized carbons (Fsp3) is 0.364. The van der Waals surface area contributed by atoms with Gasteiger partial charge in [-0.1, -0.05) is 31.5 Å². The van der Waals surface area contributed by atoms with Crippen molar-refractivity contribution in [3.8, 4) is 11.5 Å². The molecule has 0 atom stereocenters. The summed E-state index contributed by atoms with van der Waals surface area (Å²) in [4.78, 5) is 21.2. The number of nitrogens with one attached hydrogen (secondary N) is 1. The maximum absolute atomic E-state index is 12.7. The first-order chi connectivity index (χ1) is 14.9. The van der Waals surface area contributed by atoms with E-state index in [4.69, 9.17) is 16.0 Å². The number of aromatic nitrogens is 3. The van der Waals surface area contributed by atoms with Crippen LogP contribution < -0.4 is 10.2 Å². The first kappa shape index (κ1) is 21.1. The average Bonchev–Trinajstić information content (AvgIpc) is 3.28. The molecule has 2 amide bonds. The lowest BCUT2D eigenvalue weighted by atomic mass is 10.2. The number of nitrogens with zero attached hydrogens (tertiary/aromatic N) is 5. The number of halogens is 1. The first-order valence-electron chi connectivity index (χ1n) is 10.3. The average molecular weight is 441 g/mol. The first-order valence-corrected chi connectivity index (χ1v) is 10.7. The zero-order chi connectivity index (χ0) is 22.0. The van der Waals surface area contributed by atoms with Crippen molar-refractivity contribution in [2.24, 2.45) is 0 Å². The summed E-state index contributed by atoms with van der Waals surface area (Å²) in [5, 5.41) is 11.9. The number of pyridine rings is 1. The standard InChI is InChI=1S/C22H25ClN6O2/c1-14(2)20-26-27-21(31-20)16-6-5-9-24-19(16)28-10-12-29(13-11-28)22(30)25-18-8-4-7-17(23)15(18)3/h4-9,14H,10-13H2,1-3H3,(H,25,30). The minimum Gasteiger partial charge on any atom is -0.420 e. The summed E-state index contributed by atoms with van der Waals surface area (Å²) in [7, 11) is 0. The van der Waals surface area contributed by atoms with Crippen LogP contribution in [-0.2, 0) is 0 Å². The molecular formula is C22H25ClN6O2. The number of hydrogen-bond donors (Lipinski definition) is 1. The van der Waals surface area contributed by atoms with Gasteiger partial charge in [0.25, 0.3) is 5.89 Å². The molecule has 1 fully saturated rings. The zero-order valence-electron chi connectivity index (χ0n) is 17.8. The van der Waals surface area contributed by atoms with Crippen LogP contribution in [0.1, 0.15) is 31.2 Å². The van der Waals surface area contributed by atoms with Crippen LogP contribution in [0, 0.1) is 6.92 Å². The van der Waals surface area contributed by atoms with Crippen molar-refractivity contribution in [3.05, 3.63) is 53.0 Å². The Labute approximate surface area is 186 Å². The lowest BCUT2D eigenvalue weighted by Crippen LogP contribution is -2.50. The third kappa shape index (κ3) is 4.49. The van der Waals surface area contributed by atoms with E-state index in [1.165, 1.54) is 0 Å². The quantitative estimate of drug-likeness (QED) is 0.639. The molecule has 0 radical (unpaired) electrons. The summed E-state index contributed by atoms with van der Waals surface area (Å²) in [6, 6.07) is 9.14. The molecule has 1 saturated heterocycles. The highest BCUT2D eigenvalue weighted by atomic mass is 35.5. The summed E-state index contributed by atoms with van der Waals surface area (Å²) >= 11 is 6.16. The summed E-state index contributed by atoms with van der Waals surface area (Å²) < 4.78 is 5.83. The highest BCUT2D eigenvalue weighted by Crippen LogP contribution is 2.30. The second kappa shape index (κ2) is 8.93. The molecule has 0 saturated carbocycles. The van der Waals surface area contributed by atoms with Gasteiger partial charge in [-0.25, -0.2) is 9.78 Å². The van der Waals surface area contributed by atoms with Gasteiger partial charge in [0.1, 0.15) is 5.82 Å². The van der Waals surface area contributed by atoms with Crippen LogP contribution in [0.15, 0.2) is 40.9 Å². The third-order valence-electron chi connectivity index (χ3n) is 5.33. The Bertz CT molecular complexity index is 1080. The van der Waals surface area contributed by atoms with Gasteiger partial charge >= 0.3 is 6.03 Å². The highest BCUT2D eigenvalue weighted by Gasteiger charge is 2.25. The molecular weight excluding hydrogens is 416 g/mol. The topological polar surface area (TPSA) is 87.4 Å². The normalized spacial score (nSPS) is 14.2. The molecule has 1 aliphatic heterocycles. The van der Waals surface area contributed by atoms with Crippen LogP contribution in [0.4, 0.5) is 16.3 Å². The molecule has 0 spiro atoms. The molecule has 3 aromatic rings. The van der Waals surface area contributed by atoms with Gasteiger partial charge in [0, 0.05) is 49.0 Å². The molecule has 9 heteroatoms. The minimum atomic E-state index is -0.135. The Kier molecular flexibility index (Phi) is 6.08. The molecule has 2 aromatic heterocycles. The number of anilines is 2. The van der Waals surface area contributed by atoms with Crippen molar-refractivity contribution in [1.29, 1.82) is 0 Å². The number of urea groups is 1. The van der Waals surface area contributed by atoms with E-state index < -0.39 is 0 Å². The SMILES string of the molecule is Cc1c(Cl)cccc1NC(=O)N1CCN(c2ncccc2-c2nnc(C(C)C)o2)CC1. The summed E-state index contributed by atoms with van der Waals surface area (Å²) in [5.74, 6) is 2.00. The number of benzene rings is 1. The monoisotopic (exact) mass is 440 g/mol. The molecule has 0 aliphatic carbocycles. The predicted molar refractivity (Wildman–Crippen MR) is 121 cm³/mol. The van der Waals surface area contributed by atoms with Crippen molar-refractivity contribution in [3.63, 3.8) is 0 Å². The Morgan fingerprint density at radius 3 is 2.61 bits per heavy atom. The summed E-state index contributed by atoms with van der Waals surface area (Å²) in [6.45, 7) is 8.35. The van der Waals surface area contributed by atoms with Crippen molar-refractivity contribution in [2.45, 2.75) is 26.7 Å². The van der Waals surface area contributed by atoms with Gasteiger partial charge in [-0.15, -0.1) is 10.2 Å². The maximum Gasteiger partial charge on any atom is 0.321 e. The molecule has 4 rings (SSSR count). The van der Waals surface area contributed by atoms with E-state index in [1.54, 1.807) is 11.1 Å². The van der Waals surface area contributed by atoms with Crippen LogP contribution in [0.25, 0.3) is 11.5 Å². The van der Waals surface area contributed by atoms with Gasteiger partial charge in [0.05, 0.1) is 5.56 Å². The number of piperazine rings is 1. The second-order valence-electron chi connectivity index (χ2n) is 7.79. The van der Waals surface area contributed by atoms with E-state index in [2.05, 4.69) is 25.4 Å². The van der Waals surface area contributed by atoms with E-state index in [1.807, 2.05) is 51.1 Å². The van der Waals surface area contributed by atoms with Gasteiger partial charge in [0.15, 0.2) is 0 Å². The van der Waals surface area contributed by atoms with Gasteiger partial charge < -0.3 is 19.5 Å². The van der Waals surface area contributed by atoms with Crippen molar-refractivity contribution < 1.29 is 9.21 Å². The van der Waals surface area contributed by atoms with Crippen LogP contribution in [-0.4, -0.2) is 52.3 Å². The van der Waals surface area contributed by atoms with E-state index in [0.29, 0.717) is 43.0 Å². The van der Waals surface area contributed by atoms with E-state index in [9.17, 15) is 4.79 Å². The van der Waals surface area contributed by atoms with Gasteiger partial charge in [-0.2, -0.15) is 0 Å². The predicted octanol–water partition coefficient (Wildman–Crippen LogP) is 4.57. The fourth-order valence-electron chi connectivity index (χ4n) is 3.45. The van der Waals surface area contributed by atoms with Crippen LogP contribution >= 0.6 is 11.6 Å². The number of rotatable bonds is 4. The molecule has 3 heterocycles. The molecule has 1 N–H and O–H groups in total. The van der Waals surface area contributed by atoms with E-state index in [0.717, 1.165) is 22.6 Å². The van der Waals surface area contributed by atoms with Crippen LogP contribution in [0.5, 0.6) is 0 Å². The Hall–Kier alpha value is -3.13. The fourth-order valence-corrected chi connectivity index (χ4v) is 3.63. The third-order valence-corrected chi connectivity index (χ3v) is 5.74. The Balaban J connectivity index is 1.44. The highest BCUT2D eigenvalue weighted by molar-refractivity contribution is 6.31. The molecule has 1 aliphatic rings. The molecule has 8 nitrogen and oxygen atoms in total. The second-order valence-corrected chi connectivity index (χ2v) is 8.20. The van der Waals surface area contributed by atoms with Crippen molar-refractivity contribution >= 4 is 29.1 Å². The summed E-state index contributed by atoms with van der Waals surface area (Å²) in [6.07, 6.45) is 1.75. The van der Waals surface area contributed by atoms with Crippen LogP contribution in [0.2, 0.25) is 5.02 Å². The van der Waals surface area contributed by atoms with Gasteiger partial charge in [-0.05, 0) is 36.8 Å². The van der Waals surface area contributed by atoms with Crippen LogP contribution in [0.3, 0.4) is 0 Å². The number of amides is 2. The van der Waals surface area contributed by atoms with Gasteiger partial charge in [0.2, 0.25) is 5.89 Å². The lowest BCUT2D eigenvalue weighted by molar-refractivity contribution is 0.208. The number of hydrogen-bond acceptors (Lipinski definition) is 6. The smallest absolute Gasteiger partial charge is 0.321 e. The van der Waals surface area contributed by atoms with Crippen molar-refractivity contribution in [1.82, 2.24) is 20.1 Å². The molecule has 1 aromatic carbocycles. The number of carbonyl (C=O) groups excluding carboxylic acids is 1. The Morgan fingerprint density at radius 1 is 1.13 bits per heavy atom. The molecule has 0 bridgehead atoms. The zero-order valence-corrected chi connectivity index (χ0v) is 18.6. The summed E-state index contributed by atoms with van der Waals surface area (Å²) in [5.41, 5.74) is 2.38. The maximum atomic E-state index is 12.7. The number of carbonyl (C=O) groups is 1. The molecule has 162 valence electrons.